The molecule has 1 aromatic carbocycles. The maximum atomic E-state index is 12.3. The van der Waals surface area contributed by atoms with Gasteiger partial charge in [-0.25, -0.2) is 0 Å². The minimum absolute atomic E-state index is 0.294. The summed E-state index contributed by atoms with van der Waals surface area (Å²) in [4.78, 5) is 0.991. The molecule has 1 aliphatic rings. The van der Waals surface area contributed by atoms with Gasteiger partial charge in [-0.3, -0.25) is 4.21 Å². The van der Waals surface area contributed by atoms with Gasteiger partial charge in [0, 0.05) is 10.6 Å². The molecule has 0 spiro atoms. The van der Waals surface area contributed by atoms with Gasteiger partial charge in [0.1, 0.15) is 0 Å². The molecule has 3 heteroatoms. The summed E-state index contributed by atoms with van der Waals surface area (Å²) in [6, 6.07) is 7.95. The molecule has 0 heterocycles. The van der Waals surface area contributed by atoms with Crippen molar-refractivity contribution in [3.8, 4) is 0 Å². The minimum atomic E-state index is -0.859. The van der Waals surface area contributed by atoms with Gasteiger partial charge in [0.2, 0.25) is 0 Å². The Morgan fingerprint density at radius 1 is 1.38 bits per heavy atom. The SMILES string of the molecule is Cc1ccccc1S(=O)CC1(CCN)CC1. The normalized spacial score (nSPS) is 19.4. The van der Waals surface area contributed by atoms with Crippen molar-refractivity contribution >= 4 is 10.8 Å². The molecule has 1 saturated carbocycles. The van der Waals surface area contributed by atoms with Crippen molar-refractivity contribution in [1.29, 1.82) is 0 Å². The Bertz CT molecular complexity index is 399. The van der Waals surface area contributed by atoms with Crippen molar-refractivity contribution in [2.24, 2.45) is 11.1 Å². The number of benzene rings is 1. The van der Waals surface area contributed by atoms with Crippen LogP contribution in [0, 0.1) is 12.3 Å². The molecule has 0 radical (unpaired) electrons. The van der Waals surface area contributed by atoms with E-state index in [0.29, 0.717) is 12.0 Å². The fourth-order valence-corrected chi connectivity index (χ4v) is 3.92. The van der Waals surface area contributed by atoms with E-state index in [-0.39, 0.29) is 0 Å². The van der Waals surface area contributed by atoms with Crippen LogP contribution >= 0.6 is 0 Å². The zero-order valence-corrected chi connectivity index (χ0v) is 10.6. The van der Waals surface area contributed by atoms with Crippen molar-refractivity contribution in [3.63, 3.8) is 0 Å². The molecule has 16 heavy (non-hydrogen) atoms. The average molecular weight is 237 g/mol. The van der Waals surface area contributed by atoms with Crippen LogP contribution < -0.4 is 5.73 Å². The molecule has 0 bridgehead atoms. The summed E-state index contributed by atoms with van der Waals surface area (Å²) in [5.41, 5.74) is 7.02. The Morgan fingerprint density at radius 2 is 2.06 bits per heavy atom. The zero-order valence-electron chi connectivity index (χ0n) is 9.74. The number of rotatable bonds is 5. The van der Waals surface area contributed by atoms with E-state index in [0.717, 1.165) is 22.6 Å². The van der Waals surface area contributed by atoms with Gasteiger partial charge in [-0.1, -0.05) is 18.2 Å². The highest BCUT2D eigenvalue weighted by molar-refractivity contribution is 7.85. The maximum absolute atomic E-state index is 12.3. The Balaban J connectivity index is 2.07. The van der Waals surface area contributed by atoms with E-state index in [1.165, 1.54) is 12.8 Å². The van der Waals surface area contributed by atoms with Crippen LogP contribution in [-0.2, 0) is 10.8 Å². The van der Waals surface area contributed by atoms with E-state index in [2.05, 4.69) is 0 Å². The first-order valence-electron chi connectivity index (χ1n) is 5.81. The van der Waals surface area contributed by atoms with Crippen molar-refractivity contribution in [1.82, 2.24) is 0 Å². The molecule has 88 valence electrons. The lowest BCUT2D eigenvalue weighted by atomic mass is 10.1. The number of nitrogens with two attached hydrogens (primary N) is 1. The standard InChI is InChI=1S/C13H19NOS/c1-11-4-2-3-5-12(11)16(15)10-13(6-7-13)8-9-14/h2-5H,6-10,14H2,1H3. The zero-order chi connectivity index (χ0) is 11.6. The molecule has 0 amide bonds. The molecule has 2 nitrogen and oxygen atoms in total. The molecule has 2 N–H and O–H groups in total. The first-order chi connectivity index (χ1) is 7.67. The second kappa shape index (κ2) is 4.68. The van der Waals surface area contributed by atoms with E-state index >= 15 is 0 Å². The number of hydrogen-bond donors (Lipinski definition) is 1. The lowest BCUT2D eigenvalue weighted by molar-refractivity contribution is 0.529. The first-order valence-corrected chi connectivity index (χ1v) is 7.13. The predicted octanol–water partition coefficient (Wildman–Crippen LogP) is 2.23. The smallest absolute Gasteiger partial charge is 0.0537 e. The van der Waals surface area contributed by atoms with Gasteiger partial charge < -0.3 is 5.73 Å². The molecule has 0 saturated heterocycles. The minimum Gasteiger partial charge on any atom is -0.330 e. The lowest BCUT2D eigenvalue weighted by Crippen LogP contribution is -2.17. The van der Waals surface area contributed by atoms with E-state index < -0.39 is 10.8 Å². The van der Waals surface area contributed by atoms with Crippen LogP contribution in [0.1, 0.15) is 24.8 Å². The van der Waals surface area contributed by atoms with Gasteiger partial charge in [0.25, 0.3) is 0 Å². The molecule has 1 fully saturated rings. The third-order valence-corrected chi connectivity index (χ3v) is 5.23. The summed E-state index contributed by atoms with van der Waals surface area (Å²) in [5, 5.41) is 0. The van der Waals surface area contributed by atoms with Crippen molar-refractivity contribution in [3.05, 3.63) is 29.8 Å². The van der Waals surface area contributed by atoms with Crippen molar-refractivity contribution < 1.29 is 4.21 Å². The van der Waals surface area contributed by atoms with Gasteiger partial charge in [-0.15, -0.1) is 0 Å². The highest BCUT2D eigenvalue weighted by atomic mass is 32.2. The van der Waals surface area contributed by atoms with Crippen LogP contribution in [0.25, 0.3) is 0 Å². The fourth-order valence-electron chi connectivity index (χ4n) is 2.12. The molecular weight excluding hydrogens is 218 g/mol. The van der Waals surface area contributed by atoms with Gasteiger partial charge in [0.15, 0.2) is 0 Å². The number of hydrogen-bond acceptors (Lipinski definition) is 2. The maximum Gasteiger partial charge on any atom is 0.0537 e. The highest BCUT2D eigenvalue weighted by Crippen LogP contribution is 2.49. The molecule has 0 aromatic heterocycles. The Kier molecular flexibility index (Phi) is 3.45. The quantitative estimate of drug-likeness (QED) is 0.853. The summed E-state index contributed by atoms with van der Waals surface area (Å²) in [6.07, 6.45) is 3.41. The van der Waals surface area contributed by atoms with E-state index in [9.17, 15) is 4.21 Å². The van der Waals surface area contributed by atoms with Gasteiger partial charge >= 0.3 is 0 Å². The van der Waals surface area contributed by atoms with Crippen molar-refractivity contribution in [2.75, 3.05) is 12.3 Å². The predicted molar refractivity (Wildman–Crippen MR) is 67.8 cm³/mol. The van der Waals surface area contributed by atoms with E-state index in [1.54, 1.807) is 0 Å². The summed E-state index contributed by atoms with van der Waals surface area (Å²) in [6.45, 7) is 2.74. The van der Waals surface area contributed by atoms with E-state index in [1.807, 2.05) is 31.2 Å². The largest absolute Gasteiger partial charge is 0.330 e. The fraction of sp³-hybridized carbons (Fsp3) is 0.538. The van der Waals surface area contributed by atoms with Crippen molar-refractivity contribution in [2.45, 2.75) is 31.1 Å². The first kappa shape index (κ1) is 11.8. The van der Waals surface area contributed by atoms with Gasteiger partial charge in [0.05, 0.1) is 10.8 Å². The third-order valence-electron chi connectivity index (χ3n) is 3.41. The number of aryl methyl sites for hydroxylation is 1. The second-order valence-electron chi connectivity index (χ2n) is 4.79. The second-order valence-corrected chi connectivity index (χ2v) is 6.21. The topological polar surface area (TPSA) is 43.1 Å². The van der Waals surface area contributed by atoms with E-state index in [4.69, 9.17) is 5.73 Å². The Labute approximate surface area is 99.7 Å². The molecule has 0 aliphatic heterocycles. The summed E-state index contributed by atoms with van der Waals surface area (Å²) in [7, 11) is -0.859. The van der Waals surface area contributed by atoms with Crippen LogP contribution in [0.5, 0.6) is 0 Å². The van der Waals surface area contributed by atoms with Crippen LogP contribution in [0.15, 0.2) is 29.2 Å². The lowest BCUT2D eigenvalue weighted by Gasteiger charge is -2.14. The molecule has 1 aromatic rings. The molecular formula is C13H19NOS. The van der Waals surface area contributed by atoms with Crippen LogP contribution in [0.3, 0.4) is 0 Å². The molecule has 1 aliphatic carbocycles. The third kappa shape index (κ3) is 2.53. The van der Waals surface area contributed by atoms with Gasteiger partial charge in [-0.05, 0) is 49.8 Å². The van der Waals surface area contributed by atoms with Crippen LogP contribution in [-0.4, -0.2) is 16.5 Å². The Morgan fingerprint density at radius 3 is 2.62 bits per heavy atom. The summed E-state index contributed by atoms with van der Waals surface area (Å²) >= 11 is 0. The summed E-state index contributed by atoms with van der Waals surface area (Å²) in [5.74, 6) is 0.787. The molecule has 1 atom stereocenters. The summed E-state index contributed by atoms with van der Waals surface area (Å²) < 4.78 is 12.3. The van der Waals surface area contributed by atoms with Gasteiger partial charge in [-0.2, -0.15) is 0 Å². The molecule has 2 rings (SSSR count). The monoisotopic (exact) mass is 237 g/mol. The van der Waals surface area contributed by atoms with Crippen LogP contribution in [0.2, 0.25) is 0 Å². The molecule has 1 unspecified atom stereocenters. The average Bonchev–Trinajstić information content (AvgIpc) is 2.99. The Hall–Kier alpha value is -0.670. The van der Waals surface area contributed by atoms with Crippen LogP contribution in [0.4, 0.5) is 0 Å². The highest BCUT2D eigenvalue weighted by Gasteiger charge is 2.43.